The van der Waals surface area contributed by atoms with Crippen LogP contribution in [0.5, 0.6) is 11.5 Å². The largest absolute Gasteiger partial charge is 0.496 e. The Hall–Kier alpha value is -3.87. The number of piperazine rings is 1. The minimum Gasteiger partial charge on any atom is -0.496 e. The third-order valence-electron chi connectivity index (χ3n) is 5.82. The Balaban J connectivity index is 1.70. The highest BCUT2D eigenvalue weighted by Gasteiger charge is 2.36. The van der Waals surface area contributed by atoms with Gasteiger partial charge in [0.15, 0.2) is 0 Å². The molecule has 6 nitrogen and oxygen atoms in total. The van der Waals surface area contributed by atoms with E-state index in [9.17, 15) is 14.0 Å². The van der Waals surface area contributed by atoms with Crippen LogP contribution in [0.4, 0.5) is 4.39 Å². The van der Waals surface area contributed by atoms with E-state index in [4.69, 9.17) is 9.47 Å². The van der Waals surface area contributed by atoms with E-state index in [1.807, 2.05) is 24.3 Å². The first-order valence-electron chi connectivity index (χ1n) is 10.7. The van der Waals surface area contributed by atoms with Crippen LogP contribution in [-0.2, 0) is 11.2 Å². The van der Waals surface area contributed by atoms with Crippen molar-refractivity contribution in [2.75, 3.05) is 27.3 Å². The Morgan fingerprint density at radius 1 is 1.00 bits per heavy atom. The van der Waals surface area contributed by atoms with Gasteiger partial charge < -0.3 is 19.7 Å². The van der Waals surface area contributed by atoms with Crippen molar-refractivity contribution >= 4 is 11.8 Å². The predicted molar refractivity (Wildman–Crippen MR) is 123 cm³/mol. The van der Waals surface area contributed by atoms with E-state index >= 15 is 0 Å². The van der Waals surface area contributed by atoms with Gasteiger partial charge in [-0.2, -0.15) is 0 Å². The average Bonchev–Trinajstić information content (AvgIpc) is 2.85. The maximum atomic E-state index is 13.6. The van der Waals surface area contributed by atoms with Crippen molar-refractivity contribution in [1.29, 1.82) is 0 Å². The summed E-state index contributed by atoms with van der Waals surface area (Å²) < 4.78 is 24.3. The predicted octanol–water partition coefficient (Wildman–Crippen LogP) is 3.69. The molecular weight excluding hydrogens is 423 g/mol. The maximum Gasteiger partial charge on any atom is 0.262 e. The number of hydrogen-bond donors (Lipinski definition) is 1. The van der Waals surface area contributed by atoms with Crippen LogP contribution in [0.2, 0.25) is 0 Å². The number of amides is 2. The molecule has 1 fully saturated rings. The monoisotopic (exact) mass is 448 g/mol. The van der Waals surface area contributed by atoms with Gasteiger partial charge in [0.1, 0.15) is 28.9 Å². The zero-order chi connectivity index (χ0) is 23.4. The number of carbonyl (C=O) groups is 2. The van der Waals surface area contributed by atoms with Gasteiger partial charge in [-0.05, 0) is 41.0 Å². The normalized spacial score (nSPS) is 15.7. The Morgan fingerprint density at radius 3 is 2.33 bits per heavy atom. The number of carbonyl (C=O) groups excluding carboxylic acids is 2. The van der Waals surface area contributed by atoms with Crippen molar-refractivity contribution in [3.63, 3.8) is 0 Å². The van der Waals surface area contributed by atoms with Crippen molar-refractivity contribution in [1.82, 2.24) is 10.2 Å². The fraction of sp³-hybridized carbons (Fsp3) is 0.231. The highest BCUT2D eigenvalue weighted by molar-refractivity contribution is 6.02. The van der Waals surface area contributed by atoms with Gasteiger partial charge in [0, 0.05) is 19.5 Å². The van der Waals surface area contributed by atoms with E-state index in [2.05, 4.69) is 5.32 Å². The second-order valence-corrected chi connectivity index (χ2v) is 7.71. The highest BCUT2D eigenvalue weighted by Crippen LogP contribution is 2.32. The quantitative estimate of drug-likeness (QED) is 0.625. The van der Waals surface area contributed by atoms with E-state index in [1.54, 1.807) is 35.2 Å². The average molecular weight is 448 g/mol. The molecule has 7 heteroatoms. The summed E-state index contributed by atoms with van der Waals surface area (Å²) in [7, 11) is 2.98. The van der Waals surface area contributed by atoms with Gasteiger partial charge >= 0.3 is 0 Å². The number of nitrogens with one attached hydrogen (secondary N) is 1. The molecule has 0 bridgehead atoms. The summed E-state index contributed by atoms with van der Waals surface area (Å²) in [6, 6.07) is 18.3. The molecule has 3 aromatic carbocycles. The molecule has 2 amide bonds. The molecule has 3 aromatic rings. The Labute approximate surface area is 191 Å². The summed E-state index contributed by atoms with van der Waals surface area (Å²) in [6.07, 6.45) is 0.308. The van der Waals surface area contributed by atoms with Gasteiger partial charge in [-0.1, -0.05) is 42.5 Å². The smallest absolute Gasteiger partial charge is 0.262 e. The van der Waals surface area contributed by atoms with Gasteiger partial charge in [-0.15, -0.1) is 0 Å². The molecule has 1 N–H and O–H groups in total. The maximum absolute atomic E-state index is 13.6. The second-order valence-electron chi connectivity index (χ2n) is 7.71. The van der Waals surface area contributed by atoms with E-state index < -0.39 is 6.04 Å². The Kier molecular flexibility index (Phi) is 6.58. The number of nitrogens with zero attached hydrogens (tertiary/aromatic N) is 1. The van der Waals surface area contributed by atoms with Crippen LogP contribution in [0, 0.1) is 5.82 Å². The van der Waals surface area contributed by atoms with Gasteiger partial charge in [0.2, 0.25) is 5.91 Å². The summed E-state index contributed by atoms with van der Waals surface area (Å²) in [6.45, 7) is 0.716. The Bertz CT molecular complexity index is 1140. The van der Waals surface area contributed by atoms with Crippen LogP contribution in [-0.4, -0.2) is 50.1 Å². The minimum absolute atomic E-state index is 0.225. The molecule has 1 saturated heterocycles. The minimum atomic E-state index is -0.720. The molecule has 1 heterocycles. The first-order valence-corrected chi connectivity index (χ1v) is 10.7. The first kappa shape index (κ1) is 22.3. The van der Waals surface area contributed by atoms with Crippen molar-refractivity contribution < 1.29 is 23.5 Å². The van der Waals surface area contributed by atoms with Crippen LogP contribution in [0.15, 0.2) is 66.7 Å². The van der Waals surface area contributed by atoms with Gasteiger partial charge in [0.25, 0.3) is 5.91 Å². The third-order valence-corrected chi connectivity index (χ3v) is 5.82. The molecular formula is C26H25FN2O4. The lowest BCUT2D eigenvalue weighted by Crippen LogP contribution is -2.58. The van der Waals surface area contributed by atoms with Crippen LogP contribution in [0.25, 0.3) is 11.1 Å². The zero-order valence-electron chi connectivity index (χ0n) is 18.5. The molecule has 1 aliphatic rings. The van der Waals surface area contributed by atoms with E-state index in [0.29, 0.717) is 31.0 Å². The molecule has 0 unspecified atom stereocenters. The van der Waals surface area contributed by atoms with Gasteiger partial charge in [0.05, 0.1) is 14.2 Å². The SMILES string of the molecule is COc1cccc(OC)c1C(=O)N1CCNC(=O)[C@@H]1Cc1ccccc1-c1ccc(F)cc1. The van der Waals surface area contributed by atoms with Crippen LogP contribution in [0.1, 0.15) is 15.9 Å². The molecule has 0 radical (unpaired) electrons. The number of benzene rings is 3. The van der Waals surface area contributed by atoms with E-state index in [1.165, 1.54) is 26.4 Å². The lowest BCUT2D eigenvalue weighted by atomic mass is 9.93. The number of hydrogen-bond acceptors (Lipinski definition) is 4. The molecule has 0 saturated carbocycles. The standard InChI is InChI=1S/C26H25FN2O4/c1-32-22-8-5-9-23(33-2)24(22)26(31)29-15-14-28-25(30)21(29)16-18-6-3-4-7-20(18)17-10-12-19(27)13-11-17/h3-13,21H,14-16H2,1-2H3,(H,28,30)/t21-/m0/s1. The zero-order valence-corrected chi connectivity index (χ0v) is 18.5. The summed E-state index contributed by atoms with van der Waals surface area (Å²) in [5.41, 5.74) is 2.90. The van der Waals surface area contributed by atoms with E-state index in [-0.39, 0.29) is 23.2 Å². The van der Waals surface area contributed by atoms with Crippen molar-refractivity contribution in [2.24, 2.45) is 0 Å². The number of ether oxygens (including phenoxy) is 2. The summed E-state index contributed by atoms with van der Waals surface area (Å²) in [4.78, 5) is 28.1. The molecule has 0 aromatic heterocycles. The number of methoxy groups -OCH3 is 2. The molecule has 0 spiro atoms. The third kappa shape index (κ3) is 4.53. The van der Waals surface area contributed by atoms with Crippen molar-refractivity contribution in [2.45, 2.75) is 12.5 Å². The van der Waals surface area contributed by atoms with Crippen molar-refractivity contribution in [3.8, 4) is 22.6 Å². The number of halogens is 1. The fourth-order valence-corrected chi connectivity index (χ4v) is 4.18. The van der Waals surface area contributed by atoms with Crippen molar-refractivity contribution in [3.05, 3.63) is 83.7 Å². The fourth-order valence-electron chi connectivity index (χ4n) is 4.18. The molecule has 1 aliphatic heterocycles. The van der Waals surface area contributed by atoms with Crippen LogP contribution in [0.3, 0.4) is 0 Å². The first-order chi connectivity index (χ1) is 16.0. The molecule has 0 aliphatic carbocycles. The summed E-state index contributed by atoms with van der Waals surface area (Å²) in [5.74, 6) is -0.0993. The van der Waals surface area contributed by atoms with Gasteiger partial charge in [-0.25, -0.2) is 4.39 Å². The summed E-state index contributed by atoms with van der Waals surface area (Å²) in [5, 5.41) is 2.87. The van der Waals surface area contributed by atoms with E-state index in [0.717, 1.165) is 16.7 Å². The van der Waals surface area contributed by atoms with Crippen LogP contribution < -0.4 is 14.8 Å². The number of rotatable bonds is 6. The highest BCUT2D eigenvalue weighted by atomic mass is 19.1. The molecule has 170 valence electrons. The topological polar surface area (TPSA) is 67.9 Å². The molecule has 33 heavy (non-hydrogen) atoms. The summed E-state index contributed by atoms with van der Waals surface area (Å²) >= 11 is 0. The van der Waals surface area contributed by atoms with Gasteiger partial charge in [-0.3, -0.25) is 9.59 Å². The molecule has 4 rings (SSSR count). The Morgan fingerprint density at radius 2 is 1.67 bits per heavy atom. The lowest BCUT2D eigenvalue weighted by Gasteiger charge is -2.36. The van der Waals surface area contributed by atoms with Crippen LogP contribution >= 0.6 is 0 Å². The lowest BCUT2D eigenvalue weighted by molar-refractivity contribution is -0.127. The second kappa shape index (κ2) is 9.73. The molecule has 1 atom stereocenters.